The Balaban J connectivity index is 2.26. The van der Waals surface area contributed by atoms with Crippen LogP contribution in [0.4, 0.5) is 0 Å². The summed E-state index contributed by atoms with van der Waals surface area (Å²) in [6, 6.07) is 11.6. The van der Waals surface area contributed by atoms with Crippen LogP contribution in [0.25, 0.3) is 10.8 Å². The van der Waals surface area contributed by atoms with E-state index in [1.807, 2.05) is 30.3 Å². The van der Waals surface area contributed by atoms with Crippen LogP contribution in [-0.4, -0.2) is 8.76 Å². The van der Waals surface area contributed by atoms with Gasteiger partial charge in [0.05, 0.1) is 0 Å². The van der Waals surface area contributed by atoms with Crippen molar-refractivity contribution in [1.82, 2.24) is 0 Å². The summed E-state index contributed by atoms with van der Waals surface area (Å²) in [5.74, 6) is 0.457. The van der Waals surface area contributed by atoms with E-state index in [-0.39, 0.29) is 0 Å². The Morgan fingerprint density at radius 3 is 2.50 bits per heavy atom. The van der Waals surface area contributed by atoms with Crippen molar-refractivity contribution in [2.75, 3.05) is 0 Å². The van der Waals surface area contributed by atoms with Crippen molar-refractivity contribution in [2.45, 2.75) is 39.0 Å². The SMILES string of the molecule is CCCCCCc1ccc(OS(=O)O)c2ccccc12. The normalized spacial score (nSPS) is 12.5. The Kier molecular flexibility index (Phi) is 5.56. The molecule has 108 valence electrons. The molecule has 1 atom stereocenters. The minimum Gasteiger partial charge on any atom is -0.379 e. The summed E-state index contributed by atoms with van der Waals surface area (Å²) in [5.41, 5.74) is 1.27. The molecule has 0 aliphatic heterocycles. The lowest BCUT2D eigenvalue weighted by atomic mass is 9.99. The molecule has 3 nitrogen and oxygen atoms in total. The van der Waals surface area contributed by atoms with Crippen molar-refractivity contribution in [3.8, 4) is 5.75 Å². The van der Waals surface area contributed by atoms with Crippen LogP contribution in [0.15, 0.2) is 36.4 Å². The van der Waals surface area contributed by atoms with Crippen LogP contribution in [0, 0.1) is 0 Å². The highest BCUT2D eigenvalue weighted by atomic mass is 32.2. The Bertz CT molecular complexity index is 595. The number of fused-ring (bicyclic) bond motifs is 1. The van der Waals surface area contributed by atoms with E-state index in [0.717, 1.165) is 17.2 Å². The second-order valence-corrected chi connectivity index (χ2v) is 5.48. The predicted molar refractivity (Wildman–Crippen MR) is 83.2 cm³/mol. The average molecular weight is 292 g/mol. The van der Waals surface area contributed by atoms with Gasteiger partial charge in [-0.25, -0.2) is 0 Å². The molecular weight excluding hydrogens is 272 g/mol. The zero-order valence-electron chi connectivity index (χ0n) is 11.7. The Morgan fingerprint density at radius 1 is 1.05 bits per heavy atom. The summed E-state index contributed by atoms with van der Waals surface area (Å²) in [5, 5.41) is 2.00. The minimum atomic E-state index is -2.29. The smallest absolute Gasteiger partial charge is 0.357 e. The molecular formula is C16H20O3S. The van der Waals surface area contributed by atoms with E-state index >= 15 is 0 Å². The lowest BCUT2D eigenvalue weighted by Crippen LogP contribution is -1.99. The van der Waals surface area contributed by atoms with Gasteiger partial charge in [-0.3, -0.25) is 4.55 Å². The number of unbranched alkanes of at least 4 members (excludes halogenated alkanes) is 3. The highest BCUT2D eigenvalue weighted by Crippen LogP contribution is 2.29. The second kappa shape index (κ2) is 7.41. The maximum atomic E-state index is 10.8. The first kappa shape index (κ1) is 15.0. The highest BCUT2D eigenvalue weighted by molar-refractivity contribution is 7.74. The predicted octanol–water partition coefficient (Wildman–Crippen LogP) is 4.48. The molecule has 0 bridgehead atoms. The Morgan fingerprint density at radius 2 is 1.80 bits per heavy atom. The molecule has 0 heterocycles. The highest BCUT2D eigenvalue weighted by Gasteiger charge is 2.08. The molecule has 0 fully saturated rings. The van der Waals surface area contributed by atoms with Crippen LogP contribution in [-0.2, 0) is 17.8 Å². The monoisotopic (exact) mass is 292 g/mol. The molecule has 0 aliphatic rings. The van der Waals surface area contributed by atoms with E-state index in [0.29, 0.717) is 5.75 Å². The third kappa shape index (κ3) is 3.81. The fourth-order valence-electron chi connectivity index (χ4n) is 2.44. The van der Waals surface area contributed by atoms with E-state index in [1.165, 1.54) is 31.2 Å². The van der Waals surface area contributed by atoms with Crippen LogP contribution in [0.5, 0.6) is 5.75 Å². The fourth-order valence-corrected chi connectivity index (χ4v) is 2.74. The molecule has 1 N–H and O–H groups in total. The molecule has 4 heteroatoms. The van der Waals surface area contributed by atoms with Crippen LogP contribution in [0.2, 0.25) is 0 Å². The van der Waals surface area contributed by atoms with Gasteiger partial charge >= 0.3 is 11.4 Å². The van der Waals surface area contributed by atoms with Crippen molar-refractivity contribution in [1.29, 1.82) is 0 Å². The number of rotatable bonds is 7. The standard InChI is InChI=1S/C16H20O3S/c1-2-3-4-5-8-13-11-12-16(19-20(17)18)15-10-7-6-9-14(13)15/h6-7,9-12H,2-5,8H2,1H3,(H,17,18). The maximum absolute atomic E-state index is 10.8. The first-order valence-electron chi connectivity index (χ1n) is 7.02. The fraction of sp³-hybridized carbons (Fsp3) is 0.375. The number of aryl methyl sites for hydroxylation is 1. The van der Waals surface area contributed by atoms with Crippen molar-refractivity contribution >= 4 is 22.1 Å². The average Bonchev–Trinajstić information content (AvgIpc) is 2.45. The third-order valence-electron chi connectivity index (χ3n) is 3.44. The van der Waals surface area contributed by atoms with Crippen LogP contribution < -0.4 is 4.18 Å². The van der Waals surface area contributed by atoms with Gasteiger partial charge in [0.1, 0.15) is 5.75 Å². The molecule has 2 aromatic carbocycles. The quantitative estimate of drug-likeness (QED) is 0.604. The van der Waals surface area contributed by atoms with Gasteiger partial charge in [-0.2, -0.15) is 4.21 Å². The molecule has 0 aromatic heterocycles. The van der Waals surface area contributed by atoms with Gasteiger partial charge in [-0.15, -0.1) is 0 Å². The molecule has 0 amide bonds. The largest absolute Gasteiger partial charge is 0.379 e. The van der Waals surface area contributed by atoms with Crippen molar-refractivity contribution in [3.05, 3.63) is 42.0 Å². The maximum Gasteiger partial charge on any atom is 0.357 e. The van der Waals surface area contributed by atoms with Crippen molar-refractivity contribution < 1.29 is 12.9 Å². The second-order valence-electron chi connectivity index (χ2n) is 4.88. The summed E-state index contributed by atoms with van der Waals surface area (Å²) >= 11 is -2.29. The number of benzene rings is 2. The summed E-state index contributed by atoms with van der Waals surface area (Å²) in [6.07, 6.45) is 5.94. The van der Waals surface area contributed by atoms with E-state index in [2.05, 4.69) is 6.92 Å². The van der Waals surface area contributed by atoms with Crippen LogP contribution in [0.3, 0.4) is 0 Å². The molecule has 0 radical (unpaired) electrons. The Labute approximate surface area is 122 Å². The first-order chi connectivity index (χ1) is 9.72. The van der Waals surface area contributed by atoms with Crippen molar-refractivity contribution in [3.63, 3.8) is 0 Å². The van der Waals surface area contributed by atoms with Crippen LogP contribution >= 0.6 is 0 Å². The lowest BCUT2D eigenvalue weighted by Gasteiger charge is -2.10. The van der Waals surface area contributed by atoms with E-state index < -0.39 is 11.4 Å². The van der Waals surface area contributed by atoms with Gasteiger partial charge in [0.25, 0.3) is 0 Å². The summed E-state index contributed by atoms with van der Waals surface area (Å²) in [4.78, 5) is 0. The summed E-state index contributed by atoms with van der Waals surface area (Å²) in [7, 11) is 0. The van der Waals surface area contributed by atoms with E-state index in [9.17, 15) is 4.21 Å². The van der Waals surface area contributed by atoms with Crippen molar-refractivity contribution in [2.24, 2.45) is 0 Å². The topological polar surface area (TPSA) is 46.5 Å². The first-order valence-corrected chi connectivity index (χ1v) is 8.05. The molecule has 20 heavy (non-hydrogen) atoms. The molecule has 0 saturated heterocycles. The lowest BCUT2D eigenvalue weighted by molar-refractivity contribution is 0.460. The van der Waals surface area contributed by atoms with Gasteiger partial charge in [-0.05, 0) is 29.9 Å². The van der Waals surface area contributed by atoms with E-state index in [1.54, 1.807) is 6.07 Å². The molecule has 0 saturated carbocycles. The summed E-state index contributed by atoms with van der Waals surface area (Å²) < 4.78 is 24.7. The zero-order valence-corrected chi connectivity index (χ0v) is 12.5. The molecule has 1 unspecified atom stereocenters. The van der Waals surface area contributed by atoms with Gasteiger partial charge < -0.3 is 4.18 Å². The third-order valence-corrected chi connectivity index (χ3v) is 3.76. The van der Waals surface area contributed by atoms with Gasteiger partial charge in [0.2, 0.25) is 0 Å². The van der Waals surface area contributed by atoms with E-state index in [4.69, 9.17) is 8.74 Å². The molecule has 2 rings (SSSR count). The Hall–Kier alpha value is -1.39. The molecule has 0 aliphatic carbocycles. The molecule has 2 aromatic rings. The van der Waals surface area contributed by atoms with Gasteiger partial charge in [0.15, 0.2) is 0 Å². The van der Waals surface area contributed by atoms with Gasteiger partial charge in [-0.1, -0.05) is 56.5 Å². The molecule has 0 spiro atoms. The number of hydrogen-bond acceptors (Lipinski definition) is 2. The van der Waals surface area contributed by atoms with Crippen LogP contribution in [0.1, 0.15) is 38.2 Å². The van der Waals surface area contributed by atoms with Gasteiger partial charge in [0, 0.05) is 5.39 Å². The minimum absolute atomic E-state index is 0.457. The summed E-state index contributed by atoms with van der Waals surface area (Å²) in [6.45, 7) is 2.20. The number of hydrogen-bond donors (Lipinski definition) is 1. The zero-order chi connectivity index (χ0) is 14.4.